The van der Waals surface area contributed by atoms with Crippen LogP contribution in [0.15, 0.2) is 60.8 Å². The number of hydrogen-bond donors (Lipinski definition) is 3. The van der Waals surface area contributed by atoms with Crippen molar-refractivity contribution in [3.8, 4) is 11.1 Å². The molecular formula is C20H13FN4O3. The fourth-order valence-electron chi connectivity index (χ4n) is 2.77. The number of anilines is 1. The fourth-order valence-corrected chi connectivity index (χ4v) is 2.77. The van der Waals surface area contributed by atoms with E-state index in [1.54, 1.807) is 24.4 Å². The van der Waals surface area contributed by atoms with Crippen molar-refractivity contribution in [3.63, 3.8) is 0 Å². The van der Waals surface area contributed by atoms with Crippen LogP contribution >= 0.6 is 0 Å². The molecule has 0 unspecified atom stereocenters. The number of aromatic amines is 1. The van der Waals surface area contributed by atoms with Crippen molar-refractivity contribution >= 4 is 28.7 Å². The van der Waals surface area contributed by atoms with Crippen LogP contribution in [0.1, 0.15) is 20.7 Å². The quantitative estimate of drug-likeness (QED) is 0.503. The summed E-state index contributed by atoms with van der Waals surface area (Å²) in [5.41, 5.74) is 2.12. The Morgan fingerprint density at radius 2 is 1.75 bits per heavy atom. The van der Waals surface area contributed by atoms with Crippen LogP contribution in [0.5, 0.6) is 0 Å². The molecule has 0 aliphatic heterocycles. The lowest BCUT2D eigenvalue weighted by Crippen LogP contribution is -2.13. The Bertz CT molecular complexity index is 1200. The Labute approximate surface area is 157 Å². The summed E-state index contributed by atoms with van der Waals surface area (Å²) in [5.74, 6) is -1.61. The van der Waals surface area contributed by atoms with Gasteiger partial charge in [-0.1, -0.05) is 18.2 Å². The predicted molar refractivity (Wildman–Crippen MR) is 101 cm³/mol. The van der Waals surface area contributed by atoms with Crippen LogP contribution in [0.25, 0.3) is 22.2 Å². The molecule has 0 bridgehead atoms. The first-order valence-electron chi connectivity index (χ1n) is 8.26. The SMILES string of the molecule is O=C(O)c1cccc(C(=O)Nc2[nH]nc3ncc(-c4ccc(F)cc4)cc23)c1. The molecule has 0 aliphatic rings. The minimum atomic E-state index is -1.12. The van der Waals surface area contributed by atoms with Crippen LogP contribution in [0.4, 0.5) is 10.2 Å². The van der Waals surface area contributed by atoms with E-state index >= 15 is 0 Å². The summed E-state index contributed by atoms with van der Waals surface area (Å²) in [6.45, 7) is 0. The molecule has 2 aromatic carbocycles. The number of rotatable bonds is 4. The van der Waals surface area contributed by atoms with Crippen LogP contribution in [-0.4, -0.2) is 32.2 Å². The Balaban J connectivity index is 1.66. The van der Waals surface area contributed by atoms with E-state index < -0.39 is 11.9 Å². The van der Waals surface area contributed by atoms with Crippen molar-refractivity contribution in [1.29, 1.82) is 0 Å². The molecule has 138 valence electrons. The highest BCUT2D eigenvalue weighted by Crippen LogP contribution is 2.26. The van der Waals surface area contributed by atoms with E-state index in [1.165, 1.54) is 36.4 Å². The number of pyridine rings is 1. The number of benzene rings is 2. The van der Waals surface area contributed by atoms with Crippen molar-refractivity contribution in [2.24, 2.45) is 0 Å². The number of aromatic carboxylic acids is 1. The third kappa shape index (κ3) is 3.30. The second-order valence-corrected chi connectivity index (χ2v) is 6.04. The monoisotopic (exact) mass is 376 g/mol. The van der Waals surface area contributed by atoms with Crippen LogP contribution < -0.4 is 5.32 Å². The summed E-state index contributed by atoms with van der Waals surface area (Å²) in [4.78, 5) is 27.8. The molecule has 0 aliphatic carbocycles. The molecule has 0 spiro atoms. The predicted octanol–water partition coefficient (Wildman–Crippen LogP) is 3.71. The minimum Gasteiger partial charge on any atom is -0.478 e. The fraction of sp³-hybridized carbons (Fsp3) is 0. The van der Waals surface area contributed by atoms with E-state index in [4.69, 9.17) is 5.11 Å². The summed E-state index contributed by atoms with van der Waals surface area (Å²) in [5, 5.41) is 19.1. The highest BCUT2D eigenvalue weighted by Gasteiger charge is 2.14. The lowest BCUT2D eigenvalue weighted by Gasteiger charge is -2.05. The second-order valence-electron chi connectivity index (χ2n) is 6.04. The van der Waals surface area contributed by atoms with E-state index in [0.29, 0.717) is 16.9 Å². The van der Waals surface area contributed by atoms with Gasteiger partial charge in [0.05, 0.1) is 10.9 Å². The van der Waals surface area contributed by atoms with Crippen molar-refractivity contribution in [2.75, 3.05) is 5.32 Å². The lowest BCUT2D eigenvalue weighted by molar-refractivity contribution is 0.0697. The number of halogens is 1. The van der Waals surface area contributed by atoms with Gasteiger partial charge in [0.1, 0.15) is 11.6 Å². The number of nitrogens with zero attached hydrogens (tertiary/aromatic N) is 2. The molecular weight excluding hydrogens is 363 g/mol. The number of hydrogen-bond acceptors (Lipinski definition) is 4. The molecule has 28 heavy (non-hydrogen) atoms. The van der Waals surface area contributed by atoms with Gasteiger partial charge in [-0.3, -0.25) is 9.89 Å². The van der Waals surface area contributed by atoms with Gasteiger partial charge in [-0.25, -0.2) is 14.2 Å². The van der Waals surface area contributed by atoms with Crippen LogP contribution in [0.2, 0.25) is 0 Å². The number of fused-ring (bicyclic) bond motifs is 1. The van der Waals surface area contributed by atoms with Crippen molar-refractivity contribution < 1.29 is 19.1 Å². The summed E-state index contributed by atoms with van der Waals surface area (Å²) in [7, 11) is 0. The van der Waals surface area contributed by atoms with Crippen LogP contribution in [0.3, 0.4) is 0 Å². The van der Waals surface area contributed by atoms with Crippen molar-refractivity contribution in [2.45, 2.75) is 0 Å². The van der Waals surface area contributed by atoms with Gasteiger partial charge in [-0.2, -0.15) is 5.10 Å². The molecule has 7 nitrogen and oxygen atoms in total. The van der Waals surface area contributed by atoms with Gasteiger partial charge in [0.2, 0.25) is 0 Å². The van der Waals surface area contributed by atoms with E-state index in [9.17, 15) is 14.0 Å². The molecule has 4 aromatic rings. The molecule has 0 saturated heterocycles. The average molecular weight is 376 g/mol. The topological polar surface area (TPSA) is 108 Å². The standard InChI is InChI=1S/C20H13FN4O3/c21-15-6-4-11(5-7-15)14-9-16-17(22-10-14)24-25-18(16)23-19(26)12-2-1-3-13(8-12)20(27)28/h1-10H,(H,27,28)(H2,22,23,24,25,26). The molecule has 0 fully saturated rings. The molecule has 2 aromatic heterocycles. The number of H-pyrrole nitrogens is 1. The van der Waals surface area contributed by atoms with E-state index in [0.717, 1.165) is 11.1 Å². The van der Waals surface area contributed by atoms with Crippen molar-refractivity contribution in [3.05, 3.63) is 77.7 Å². The average Bonchev–Trinajstić information content (AvgIpc) is 3.10. The second kappa shape index (κ2) is 6.92. The first kappa shape index (κ1) is 17.3. The maximum Gasteiger partial charge on any atom is 0.335 e. The highest BCUT2D eigenvalue weighted by atomic mass is 19.1. The largest absolute Gasteiger partial charge is 0.478 e. The Kier molecular flexibility index (Phi) is 4.29. The third-order valence-corrected chi connectivity index (χ3v) is 4.20. The molecule has 0 radical (unpaired) electrons. The summed E-state index contributed by atoms with van der Waals surface area (Å²) in [6, 6.07) is 13.5. The number of carbonyl (C=O) groups excluding carboxylic acids is 1. The Hall–Kier alpha value is -4.07. The van der Waals surface area contributed by atoms with Gasteiger partial charge in [-0.15, -0.1) is 0 Å². The summed E-state index contributed by atoms with van der Waals surface area (Å²) < 4.78 is 13.1. The van der Waals surface area contributed by atoms with Gasteiger partial charge < -0.3 is 10.4 Å². The zero-order valence-electron chi connectivity index (χ0n) is 14.3. The lowest BCUT2D eigenvalue weighted by atomic mass is 10.1. The van der Waals surface area contributed by atoms with Crippen LogP contribution in [-0.2, 0) is 0 Å². The molecule has 4 rings (SSSR count). The molecule has 1 amide bonds. The molecule has 0 saturated carbocycles. The summed E-state index contributed by atoms with van der Waals surface area (Å²) >= 11 is 0. The van der Waals surface area contributed by atoms with Gasteiger partial charge >= 0.3 is 5.97 Å². The van der Waals surface area contributed by atoms with Gasteiger partial charge in [-0.05, 0) is 42.0 Å². The molecule has 2 heterocycles. The third-order valence-electron chi connectivity index (χ3n) is 4.20. The van der Waals surface area contributed by atoms with Gasteiger partial charge in [0.15, 0.2) is 5.65 Å². The number of amides is 1. The molecule has 8 heteroatoms. The first-order valence-corrected chi connectivity index (χ1v) is 8.26. The van der Waals surface area contributed by atoms with E-state index in [1.807, 2.05) is 0 Å². The zero-order valence-corrected chi connectivity index (χ0v) is 14.3. The van der Waals surface area contributed by atoms with Gasteiger partial charge in [0, 0.05) is 17.3 Å². The molecule has 0 atom stereocenters. The first-order chi connectivity index (χ1) is 13.5. The van der Waals surface area contributed by atoms with Crippen LogP contribution in [0, 0.1) is 5.82 Å². The van der Waals surface area contributed by atoms with E-state index in [-0.39, 0.29) is 16.9 Å². The Morgan fingerprint density at radius 3 is 2.50 bits per heavy atom. The number of nitrogens with one attached hydrogen (secondary N) is 2. The maximum atomic E-state index is 13.1. The number of carbonyl (C=O) groups is 2. The van der Waals surface area contributed by atoms with Gasteiger partial charge in [0.25, 0.3) is 5.91 Å². The Morgan fingerprint density at radius 1 is 1.00 bits per heavy atom. The smallest absolute Gasteiger partial charge is 0.335 e. The minimum absolute atomic E-state index is 0.0161. The normalized spacial score (nSPS) is 10.8. The zero-order chi connectivity index (χ0) is 19.7. The number of carboxylic acid groups (broad SMARTS) is 1. The van der Waals surface area contributed by atoms with E-state index in [2.05, 4.69) is 20.5 Å². The highest BCUT2D eigenvalue weighted by molar-refractivity contribution is 6.08. The number of aromatic nitrogens is 3. The number of carboxylic acids is 1. The van der Waals surface area contributed by atoms with Crippen molar-refractivity contribution in [1.82, 2.24) is 15.2 Å². The molecule has 3 N–H and O–H groups in total. The maximum absolute atomic E-state index is 13.1. The summed E-state index contributed by atoms with van der Waals surface area (Å²) in [6.07, 6.45) is 1.61.